The Morgan fingerprint density at radius 2 is 1.95 bits per heavy atom. The van der Waals surface area contributed by atoms with Crippen LogP contribution in [0, 0.1) is 0 Å². The molecule has 0 saturated heterocycles. The smallest absolute Gasteiger partial charge is 0.233 e. The van der Waals surface area contributed by atoms with Crippen LogP contribution in [0.15, 0.2) is 30.3 Å². The monoisotopic (exact) mass is 296 g/mol. The average Bonchev–Trinajstić information content (AvgIpc) is 3.29. The van der Waals surface area contributed by atoms with E-state index in [4.69, 9.17) is 0 Å². The van der Waals surface area contributed by atoms with E-state index in [1.165, 1.54) is 0 Å². The molecule has 1 fully saturated rings. The number of aromatic nitrogens is 3. The van der Waals surface area contributed by atoms with Crippen LogP contribution in [-0.2, 0) is 29.7 Å². The van der Waals surface area contributed by atoms with Crippen LogP contribution in [-0.4, -0.2) is 32.1 Å². The first-order chi connectivity index (χ1) is 10.7. The molecule has 2 aliphatic rings. The quantitative estimate of drug-likeness (QED) is 0.869. The molecule has 1 aliphatic heterocycles. The first-order valence-corrected chi connectivity index (χ1v) is 8.00. The van der Waals surface area contributed by atoms with E-state index < -0.39 is 0 Å². The summed E-state index contributed by atoms with van der Waals surface area (Å²) in [5.41, 5.74) is 0.873. The highest BCUT2D eigenvalue weighted by Gasteiger charge is 2.53. The predicted octanol–water partition coefficient (Wildman–Crippen LogP) is 1.91. The van der Waals surface area contributed by atoms with Gasteiger partial charge in [0.25, 0.3) is 0 Å². The van der Waals surface area contributed by atoms with Crippen molar-refractivity contribution in [2.24, 2.45) is 0 Å². The maximum absolute atomic E-state index is 13.0. The molecule has 114 valence electrons. The Morgan fingerprint density at radius 1 is 1.18 bits per heavy atom. The highest BCUT2D eigenvalue weighted by Crippen LogP contribution is 2.49. The molecule has 22 heavy (non-hydrogen) atoms. The molecule has 1 saturated carbocycles. The summed E-state index contributed by atoms with van der Waals surface area (Å²) in [7, 11) is 0. The van der Waals surface area contributed by atoms with Crippen molar-refractivity contribution in [3.05, 3.63) is 47.5 Å². The van der Waals surface area contributed by atoms with Crippen molar-refractivity contribution in [2.75, 3.05) is 6.54 Å². The molecular weight excluding hydrogens is 276 g/mol. The SMILES string of the molecule is CCc1nnc2n1CCN(C(=O)C1(c3ccccc3)CC1)C2. The summed E-state index contributed by atoms with van der Waals surface area (Å²) in [6, 6.07) is 10.2. The minimum Gasteiger partial charge on any atom is -0.333 e. The minimum atomic E-state index is -0.281. The Morgan fingerprint density at radius 3 is 2.64 bits per heavy atom. The lowest BCUT2D eigenvalue weighted by Gasteiger charge is -2.31. The average molecular weight is 296 g/mol. The lowest BCUT2D eigenvalue weighted by atomic mass is 9.94. The van der Waals surface area contributed by atoms with Crippen molar-refractivity contribution in [3.63, 3.8) is 0 Å². The molecule has 1 aromatic heterocycles. The van der Waals surface area contributed by atoms with Gasteiger partial charge in [0, 0.05) is 19.5 Å². The number of fused-ring (bicyclic) bond motifs is 1. The third-order valence-corrected chi connectivity index (χ3v) is 4.92. The van der Waals surface area contributed by atoms with Gasteiger partial charge >= 0.3 is 0 Å². The van der Waals surface area contributed by atoms with Crippen LogP contribution < -0.4 is 0 Å². The van der Waals surface area contributed by atoms with Crippen LogP contribution in [0.5, 0.6) is 0 Å². The van der Waals surface area contributed by atoms with Crippen molar-refractivity contribution in [1.29, 1.82) is 0 Å². The highest BCUT2D eigenvalue weighted by molar-refractivity contribution is 5.91. The Labute approximate surface area is 130 Å². The van der Waals surface area contributed by atoms with Crippen LogP contribution >= 0.6 is 0 Å². The molecule has 0 N–H and O–H groups in total. The fraction of sp³-hybridized carbons (Fsp3) is 0.471. The lowest BCUT2D eigenvalue weighted by molar-refractivity contribution is -0.135. The van der Waals surface area contributed by atoms with Crippen molar-refractivity contribution in [3.8, 4) is 0 Å². The van der Waals surface area contributed by atoms with E-state index in [-0.39, 0.29) is 11.3 Å². The number of benzene rings is 1. The van der Waals surface area contributed by atoms with Gasteiger partial charge in [-0.15, -0.1) is 10.2 Å². The normalized spacial score (nSPS) is 18.9. The minimum absolute atomic E-state index is 0.256. The van der Waals surface area contributed by atoms with Gasteiger partial charge < -0.3 is 9.47 Å². The number of carbonyl (C=O) groups is 1. The molecule has 2 aromatic rings. The number of amides is 1. The summed E-state index contributed by atoms with van der Waals surface area (Å²) < 4.78 is 2.16. The van der Waals surface area contributed by atoms with Gasteiger partial charge in [-0.1, -0.05) is 37.3 Å². The van der Waals surface area contributed by atoms with E-state index in [2.05, 4.69) is 33.8 Å². The summed E-state index contributed by atoms with van der Waals surface area (Å²) in [4.78, 5) is 15.0. The van der Waals surface area contributed by atoms with Crippen LogP contribution in [0.4, 0.5) is 0 Å². The maximum atomic E-state index is 13.0. The molecule has 0 unspecified atom stereocenters. The van der Waals surface area contributed by atoms with Gasteiger partial charge in [-0.3, -0.25) is 4.79 Å². The fourth-order valence-electron chi connectivity index (χ4n) is 3.46. The molecule has 1 aromatic carbocycles. The van der Waals surface area contributed by atoms with Gasteiger partial charge in [0.05, 0.1) is 12.0 Å². The van der Waals surface area contributed by atoms with Crippen molar-refractivity contribution in [2.45, 2.75) is 44.7 Å². The van der Waals surface area contributed by atoms with E-state index in [1.54, 1.807) is 0 Å². The summed E-state index contributed by atoms with van der Waals surface area (Å²) in [5, 5.41) is 8.48. The second-order valence-corrected chi connectivity index (χ2v) is 6.21. The zero-order valence-electron chi connectivity index (χ0n) is 12.8. The van der Waals surface area contributed by atoms with Crippen LogP contribution in [0.2, 0.25) is 0 Å². The molecule has 2 heterocycles. The molecule has 0 radical (unpaired) electrons. The van der Waals surface area contributed by atoms with Crippen molar-refractivity contribution < 1.29 is 4.79 Å². The van der Waals surface area contributed by atoms with E-state index >= 15 is 0 Å². The van der Waals surface area contributed by atoms with Gasteiger partial charge in [0.15, 0.2) is 5.82 Å². The van der Waals surface area contributed by atoms with E-state index in [1.807, 2.05) is 23.1 Å². The Kier molecular flexibility index (Phi) is 3.03. The molecule has 1 amide bonds. The second-order valence-electron chi connectivity index (χ2n) is 6.21. The molecule has 5 heteroatoms. The zero-order valence-corrected chi connectivity index (χ0v) is 12.8. The molecule has 0 atom stereocenters. The standard InChI is InChI=1S/C17H20N4O/c1-2-14-18-19-15-12-20(10-11-21(14)15)16(22)17(8-9-17)13-6-4-3-5-7-13/h3-7H,2,8-12H2,1H3. The Balaban J connectivity index is 1.57. The number of hydrogen-bond donors (Lipinski definition) is 0. The van der Waals surface area contributed by atoms with Crippen LogP contribution in [0.3, 0.4) is 0 Å². The zero-order chi connectivity index (χ0) is 15.2. The largest absolute Gasteiger partial charge is 0.333 e. The first kappa shape index (κ1) is 13.5. The number of hydrogen-bond acceptors (Lipinski definition) is 3. The maximum Gasteiger partial charge on any atom is 0.233 e. The highest BCUT2D eigenvalue weighted by atomic mass is 16.2. The van der Waals surface area contributed by atoms with E-state index in [0.29, 0.717) is 6.54 Å². The van der Waals surface area contributed by atoms with Gasteiger partial charge in [-0.05, 0) is 18.4 Å². The molecule has 1 aliphatic carbocycles. The summed E-state index contributed by atoms with van der Waals surface area (Å²) in [6.07, 6.45) is 2.80. The Hall–Kier alpha value is -2.17. The number of nitrogens with zero attached hydrogens (tertiary/aromatic N) is 4. The second kappa shape index (κ2) is 4.93. The van der Waals surface area contributed by atoms with Gasteiger partial charge in [-0.2, -0.15) is 0 Å². The number of aryl methyl sites for hydroxylation is 1. The molecular formula is C17H20N4O. The molecule has 0 spiro atoms. The molecule has 0 bridgehead atoms. The molecule has 5 nitrogen and oxygen atoms in total. The Bertz CT molecular complexity index is 703. The van der Waals surface area contributed by atoms with E-state index in [9.17, 15) is 4.79 Å². The van der Waals surface area contributed by atoms with Gasteiger partial charge in [-0.25, -0.2) is 0 Å². The third kappa shape index (κ3) is 1.95. The molecule has 4 rings (SSSR count). The predicted molar refractivity (Wildman–Crippen MR) is 82.2 cm³/mol. The lowest BCUT2D eigenvalue weighted by Crippen LogP contribution is -2.44. The van der Waals surface area contributed by atoms with Crippen molar-refractivity contribution in [1.82, 2.24) is 19.7 Å². The topological polar surface area (TPSA) is 51.0 Å². The first-order valence-electron chi connectivity index (χ1n) is 8.00. The van der Waals surface area contributed by atoms with Crippen LogP contribution in [0.25, 0.3) is 0 Å². The van der Waals surface area contributed by atoms with E-state index in [0.717, 1.165) is 49.6 Å². The summed E-state index contributed by atoms with van der Waals surface area (Å²) in [5.74, 6) is 2.19. The summed E-state index contributed by atoms with van der Waals surface area (Å²) in [6.45, 7) is 4.23. The summed E-state index contributed by atoms with van der Waals surface area (Å²) >= 11 is 0. The van der Waals surface area contributed by atoms with Crippen LogP contribution in [0.1, 0.15) is 37.0 Å². The van der Waals surface area contributed by atoms with Gasteiger partial charge in [0.1, 0.15) is 5.82 Å². The number of carbonyl (C=O) groups excluding carboxylic acids is 1. The van der Waals surface area contributed by atoms with Gasteiger partial charge in [0.2, 0.25) is 5.91 Å². The number of rotatable bonds is 3. The van der Waals surface area contributed by atoms with Crippen molar-refractivity contribution >= 4 is 5.91 Å². The fourth-order valence-corrected chi connectivity index (χ4v) is 3.46. The third-order valence-electron chi connectivity index (χ3n) is 4.92.